The van der Waals surface area contributed by atoms with E-state index in [0.717, 1.165) is 11.8 Å². The lowest BCUT2D eigenvalue weighted by Crippen LogP contribution is -2.27. The summed E-state index contributed by atoms with van der Waals surface area (Å²) in [5.74, 6) is -0.971. The monoisotopic (exact) mass is 390 g/mol. The predicted octanol–water partition coefficient (Wildman–Crippen LogP) is 2.75. The summed E-state index contributed by atoms with van der Waals surface area (Å²) < 4.78 is 37.7. The third kappa shape index (κ3) is 4.51. The number of benzene rings is 2. The van der Waals surface area contributed by atoms with Gasteiger partial charge in [-0.2, -0.15) is 0 Å². The fourth-order valence-corrected chi connectivity index (χ4v) is 3.98. The molecule has 0 unspecified atom stereocenters. The SMILES string of the molecule is CS(=O)(=O)N1CCc2cc(NC(=O)CCC(=O)c3ccc(F)cc3)ccc21. The van der Waals surface area contributed by atoms with E-state index in [0.29, 0.717) is 29.9 Å². The van der Waals surface area contributed by atoms with Gasteiger partial charge in [0.25, 0.3) is 0 Å². The zero-order valence-electron chi connectivity index (χ0n) is 14.7. The van der Waals surface area contributed by atoms with Crippen molar-refractivity contribution in [3.63, 3.8) is 0 Å². The quantitative estimate of drug-likeness (QED) is 0.769. The molecule has 0 fully saturated rings. The zero-order valence-corrected chi connectivity index (χ0v) is 15.6. The summed E-state index contributed by atoms with van der Waals surface area (Å²) in [5.41, 5.74) is 2.40. The lowest BCUT2D eigenvalue weighted by molar-refractivity contribution is -0.116. The number of carbonyl (C=O) groups excluding carboxylic acids is 2. The van der Waals surface area contributed by atoms with E-state index >= 15 is 0 Å². The number of hydrogen-bond donors (Lipinski definition) is 1. The van der Waals surface area contributed by atoms with Crippen molar-refractivity contribution in [3.05, 3.63) is 59.4 Å². The van der Waals surface area contributed by atoms with Crippen LogP contribution in [0.2, 0.25) is 0 Å². The van der Waals surface area contributed by atoms with Crippen LogP contribution in [0.5, 0.6) is 0 Å². The molecular formula is C19H19FN2O4S. The molecule has 0 atom stereocenters. The number of sulfonamides is 1. The Hall–Kier alpha value is -2.74. The zero-order chi connectivity index (χ0) is 19.6. The third-order valence-corrected chi connectivity index (χ3v) is 5.54. The molecule has 0 spiro atoms. The Balaban J connectivity index is 1.59. The highest BCUT2D eigenvalue weighted by Gasteiger charge is 2.26. The van der Waals surface area contributed by atoms with E-state index < -0.39 is 15.8 Å². The molecule has 1 aliphatic heterocycles. The number of ketones is 1. The molecule has 1 heterocycles. The molecule has 2 aromatic carbocycles. The van der Waals surface area contributed by atoms with Crippen molar-refractivity contribution in [2.75, 3.05) is 22.4 Å². The molecular weight excluding hydrogens is 371 g/mol. The summed E-state index contributed by atoms with van der Waals surface area (Å²) in [6.07, 6.45) is 1.76. The molecule has 6 nitrogen and oxygen atoms in total. The Morgan fingerprint density at radius 3 is 2.48 bits per heavy atom. The van der Waals surface area contributed by atoms with Gasteiger partial charge in [0.05, 0.1) is 11.9 Å². The topological polar surface area (TPSA) is 83.6 Å². The van der Waals surface area contributed by atoms with Crippen molar-refractivity contribution in [1.82, 2.24) is 0 Å². The number of fused-ring (bicyclic) bond motifs is 1. The van der Waals surface area contributed by atoms with Gasteiger partial charge in [0.1, 0.15) is 5.82 Å². The molecule has 3 rings (SSSR count). The first-order valence-corrected chi connectivity index (χ1v) is 10.3. The number of anilines is 2. The Morgan fingerprint density at radius 2 is 1.81 bits per heavy atom. The summed E-state index contributed by atoms with van der Waals surface area (Å²) >= 11 is 0. The highest BCUT2D eigenvalue weighted by atomic mass is 32.2. The van der Waals surface area contributed by atoms with Gasteiger partial charge in [-0.1, -0.05) is 0 Å². The van der Waals surface area contributed by atoms with Gasteiger partial charge in [-0.3, -0.25) is 13.9 Å². The molecule has 2 aromatic rings. The molecule has 0 saturated carbocycles. The number of carbonyl (C=O) groups is 2. The maximum absolute atomic E-state index is 12.9. The van der Waals surface area contributed by atoms with E-state index in [-0.39, 0.29) is 24.5 Å². The van der Waals surface area contributed by atoms with Crippen LogP contribution >= 0.6 is 0 Å². The molecule has 0 saturated heterocycles. The number of halogens is 1. The number of rotatable bonds is 6. The normalized spacial score (nSPS) is 13.3. The standard InChI is InChI=1S/C19H19FN2O4S/c1-27(25,26)22-11-10-14-12-16(6-7-17(14)22)21-19(24)9-8-18(23)13-2-4-15(20)5-3-13/h2-7,12H,8-11H2,1H3,(H,21,24). The fraction of sp³-hybridized carbons (Fsp3) is 0.263. The molecule has 142 valence electrons. The van der Waals surface area contributed by atoms with Gasteiger partial charge in [0, 0.05) is 30.6 Å². The summed E-state index contributed by atoms with van der Waals surface area (Å²) in [6, 6.07) is 10.3. The second-order valence-electron chi connectivity index (χ2n) is 6.41. The average molecular weight is 390 g/mol. The number of Topliss-reactive ketones (excluding diaryl/α,β-unsaturated/α-hetero) is 1. The first kappa shape index (κ1) is 19.0. The van der Waals surface area contributed by atoms with Gasteiger partial charge in [-0.05, 0) is 54.4 Å². The smallest absolute Gasteiger partial charge is 0.232 e. The van der Waals surface area contributed by atoms with Crippen LogP contribution in [0.15, 0.2) is 42.5 Å². The highest BCUT2D eigenvalue weighted by molar-refractivity contribution is 7.92. The van der Waals surface area contributed by atoms with Crippen molar-refractivity contribution in [1.29, 1.82) is 0 Å². The van der Waals surface area contributed by atoms with Crippen LogP contribution in [-0.4, -0.2) is 32.9 Å². The molecule has 0 aliphatic carbocycles. The molecule has 0 aromatic heterocycles. The Labute approximate surface area is 157 Å². The minimum absolute atomic E-state index is 0.00274. The highest BCUT2D eigenvalue weighted by Crippen LogP contribution is 2.32. The summed E-state index contributed by atoms with van der Waals surface area (Å²) in [5, 5.41) is 2.72. The second kappa shape index (κ2) is 7.48. The molecule has 0 radical (unpaired) electrons. The maximum Gasteiger partial charge on any atom is 0.232 e. The second-order valence-corrected chi connectivity index (χ2v) is 8.31. The molecule has 27 heavy (non-hydrogen) atoms. The lowest BCUT2D eigenvalue weighted by Gasteiger charge is -2.16. The first-order valence-electron chi connectivity index (χ1n) is 8.43. The van der Waals surface area contributed by atoms with Crippen LogP contribution in [0.25, 0.3) is 0 Å². The number of amides is 1. The van der Waals surface area contributed by atoms with E-state index in [1.165, 1.54) is 28.6 Å². The van der Waals surface area contributed by atoms with E-state index in [4.69, 9.17) is 0 Å². The van der Waals surface area contributed by atoms with Crippen LogP contribution < -0.4 is 9.62 Å². The van der Waals surface area contributed by atoms with Crippen molar-refractivity contribution in [2.24, 2.45) is 0 Å². The summed E-state index contributed by atoms with van der Waals surface area (Å²) in [4.78, 5) is 24.1. The van der Waals surface area contributed by atoms with Crippen molar-refractivity contribution in [2.45, 2.75) is 19.3 Å². The van der Waals surface area contributed by atoms with Gasteiger partial charge >= 0.3 is 0 Å². The molecule has 1 amide bonds. The average Bonchev–Trinajstić information content (AvgIpc) is 3.04. The Morgan fingerprint density at radius 1 is 1.11 bits per heavy atom. The summed E-state index contributed by atoms with van der Waals surface area (Å²) in [6.45, 7) is 0.387. The molecule has 1 aliphatic rings. The van der Waals surface area contributed by atoms with Gasteiger partial charge < -0.3 is 5.32 Å². The lowest BCUT2D eigenvalue weighted by atomic mass is 10.1. The van der Waals surface area contributed by atoms with E-state index in [1.54, 1.807) is 18.2 Å². The summed E-state index contributed by atoms with van der Waals surface area (Å²) in [7, 11) is -3.31. The van der Waals surface area contributed by atoms with E-state index in [2.05, 4.69) is 5.32 Å². The molecule has 1 N–H and O–H groups in total. The van der Waals surface area contributed by atoms with Crippen LogP contribution in [0.3, 0.4) is 0 Å². The van der Waals surface area contributed by atoms with Crippen molar-refractivity contribution < 1.29 is 22.4 Å². The predicted molar refractivity (Wildman–Crippen MR) is 101 cm³/mol. The number of nitrogens with zero attached hydrogens (tertiary/aromatic N) is 1. The van der Waals surface area contributed by atoms with Crippen LogP contribution in [-0.2, 0) is 21.2 Å². The minimum Gasteiger partial charge on any atom is -0.326 e. The maximum atomic E-state index is 12.9. The molecule has 0 bridgehead atoms. The Bertz CT molecular complexity index is 987. The largest absolute Gasteiger partial charge is 0.326 e. The Kier molecular flexibility index (Phi) is 5.27. The number of nitrogens with one attached hydrogen (secondary N) is 1. The van der Waals surface area contributed by atoms with E-state index in [9.17, 15) is 22.4 Å². The van der Waals surface area contributed by atoms with Crippen LogP contribution in [0.1, 0.15) is 28.8 Å². The van der Waals surface area contributed by atoms with Crippen molar-refractivity contribution >= 4 is 33.1 Å². The van der Waals surface area contributed by atoms with Crippen molar-refractivity contribution in [3.8, 4) is 0 Å². The third-order valence-electron chi connectivity index (χ3n) is 4.36. The molecule has 8 heteroatoms. The fourth-order valence-electron chi connectivity index (χ4n) is 3.02. The van der Waals surface area contributed by atoms with E-state index in [1.807, 2.05) is 0 Å². The van der Waals surface area contributed by atoms with Crippen LogP contribution in [0.4, 0.5) is 15.8 Å². The van der Waals surface area contributed by atoms with Gasteiger partial charge in [0.15, 0.2) is 5.78 Å². The van der Waals surface area contributed by atoms with Gasteiger partial charge in [0.2, 0.25) is 15.9 Å². The first-order chi connectivity index (χ1) is 12.7. The van der Waals surface area contributed by atoms with Gasteiger partial charge in [-0.15, -0.1) is 0 Å². The van der Waals surface area contributed by atoms with Crippen LogP contribution in [0, 0.1) is 5.82 Å². The van der Waals surface area contributed by atoms with Gasteiger partial charge in [-0.25, -0.2) is 12.8 Å². The minimum atomic E-state index is -3.31. The number of hydrogen-bond acceptors (Lipinski definition) is 4.